The molecule has 1 amide bonds. The number of halogens is 5. The summed E-state index contributed by atoms with van der Waals surface area (Å²) in [5.41, 5.74) is 0.539. The molecule has 14 heteroatoms. The highest BCUT2D eigenvalue weighted by Gasteiger charge is 2.48. The van der Waals surface area contributed by atoms with Gasteiger partial charge in [0.15, 0.2) is 17.5 Å². The number of piperidine rings is 1. The lowest BCUT2D eigenvalue weighted by Gasteiger charge is -2.37. The number of amides is 1. The van der Waals surface area contributed by atoms with Gasteiger partial charge >= 0.3 is 12.1 Å². The molecule has 3 aromatic heterocycles. The highest BCUT2D eigenvalue weighted by atomic mass is 19.4. The van der Waals surface area contributed by atoms with Crippen LogP contribution in [0.15, 0.2) is 54.9 Å². The predicted octanol–water partition coefficient (Wildman–Crippen LogP) is 3.67. The minimum atomic E-state index is -5.34. The molecule has 0 saturated carbocycles. The minimum absolute atomic E-state index is 0.0358. The fourth-order valence-electron chi connectivity index (χ4n) is 3.80. The molecule has 192 valence electrons. The average Bonchev–Trinajstić information content (AvgIpc) is 3.29. The van der Waals surface area contributed by atoms with E-state index in [1.54, 1.807) is 24.3 Å². The van der Waals surface area contributed by atoms with E-state index in [2.05, 4.69) is 19.8 Å². The molecule has 9 nitrogen and oxygen atoms in total. The number of para-hydroxylation sites is 1. The number of carbonyl (C=O) groups excluding carboxylic acids is 2. The van der Waals surface area contributed by atoms with Crippen molar-refractivity contribution in [2.24, 2.45) is 0 Å². The van der Waals surface area contributed by atoms with Crippen LogP contribution in [0.5, 0.6) is 11.6 Å². The Kier molecular flexibility index (Phi) is 5.88. The summed E-state index contributed by atoms with van der Waals surface area (Å²) in [5, 5.41) is 4.29. The number of alkyl halides is 5. The second-order valence-electron chi connectivity index (χ2n) is 8.19. The van der Waals surface area contributed by atoms with E-state index in [1.165, 1.54) is 29.0 Å². The van der Waals surface area contributed by atoms with E-state index < -0.39 is 54.7 Å². The van der Waals surface area contributed by atoms with Gasteiger partial charge in [0.05, 0.1) is 18.3 Å². The summed E-state index contributed by atoms with van der Waals surface area (Å²) >= 11 is 0. The Bertz CT molecular complexity index is 1470. The number of carbonyl (C=O) groups is 2. The van der Waals surface area contributed by atoms with Crippen molar-refractivity contribution in [1.82, 2.24) is 24.5 Å². The summed E-state index contributed by atoms with van der Waals surface area (Å²) < 4.78 is 79.3. The Balaban J connectivity index is 1.44. The lowest BCUT2D eigenvalue weighted by atomic mass is 10.0. The molecule has 1 saturated heterocycles. The van der Waals surface area contributed by atoms with Gasteiger partial charge in [-0.05, 0) is 24.3 Å². The van der Waals surface area contributed by atoms with E-state index in [9.17, 15) is 31.5 Å². The molecule has 1 aliphatic rings. The number of ether oxygens (including phenoxy) is 2. The van der Waals surface area contributed by atoms with Gasteiger partial charge in [0.1, 0.15) is 5.69 Å². The van der Waals surface area contributed by atoms with Crippen molar-refractivity contribution in [3.8, 4) is 11.6 Å². The maximum atomic E-state index is 14.9. The quantitative estimate of drug-likeness (QED) is 0.299. The number of nitrogens with zero attached hydrogens (tertiary/aromatic N) is 5. The summed E-state index contributed by atoms with van der Waals surface area (Å²) in [7, 11) is 0. The van der Waals surface area contributed by atoms with Crippen molar-refractivity contribution >= 4 is 28.4 Å². The van der Waals surface area contributed by atoms with Gasteiger partial charge in [0.25, 0.3) is 17.7 Å². The van der Waals surface area contributed by atoms with E-state index in [-0.39, 0.29) is 23.1 Å². The van der Waals surface area contributed by atoms with E-state index in [4.69, 9.17) is 4.74 Å². The van der Waals surface area contributed by atoms with Crippen molar-refractivity contribution in [3.63, 3.8) is 0 Å². The molecule has 1 fully saturated rings. The van der Waals surface area contributed by atoms with E-state index in [0.717, 1.165) is 11.0 Å². The highest BCUT2D eigenvalue weighted by Crippen LogP contribution is 2.37. The summed E-state index contributed by atoms with van der Waals surface area (Å²) in [5.74, 6) is -8.23. The van der Waals surface area contributed by atoms with Crippen molar-refractivity contribution in [3.05, 3.63) is 60.6 Å². The number of rotatable bonds is 4. The third-order valence-corrected chi connectivity index (χ3v) is 5.66. The molecule has 4 heterocycles. The first-order valence-corrected chi connectivity index (χ1v) is 10.8. The lowest BCUT2D eigenvalue weighted by molar-refractivity contribution is -0.190. The molecular formula is C23H16F5N5O4. The molecule has 37 heavy (non-hydrogen) atoms. The molecule has 4 aromatic rings. The van der Waals surface area contributed by atoms with Crippen LogP contribution in [0.2, 0.25) is 0 Å². The zero-order valence-corrected chi connectivity index (χ0v) is 18.7. The molecule has 0 bridgehead atoms. The van der Waals surface area contributed by atoms with Crippen LogP contribution < -0.4 is 9.47 Å². The van der Waals surface area contributed by atoms with Crippen LogP contribution in [-0.2, 0) is 4.79 Å². The van der Waals surface area contributed by atoms with Crippen LogP contribution in [0, 0.1) is 0 Å². The molecule has 5 rings (SSSR count). The van der Waals surface area contributed by atoms with Gasteiger partial charge in [-0.3, -0.25) is 4.79 Å². The van der Waals surface area contributed by atoms with Gasteiger partial charge in [-0.2, -0.15) is 18.3 Å². The number of hydrogen-bond donors (Lipinski definition) is 0. The SMILES string of the molecule is O=C(c1cn2ncccc2n1)N1CCC(F)(F)[C@@H](Oc2nc3ccccc3cc2OC(=O)C(F)(F)F)C1. The van der Waals surface area contributed by atoms with Gasteiger partial charge in [-0.15, -0.1) is 0 Å². The first-order valence-electron chi connectivity index (χ1n) is 10.8. The topological polar surface area (TPSA) is 98.9 Å². The number of fused-ring (bicyclic) bond motifs is 2. The number of imidazole rings is 1. The van der Waals surface area contributed by atoms with E-state index >= 15 is 0 Å². The van der Waals surface area contributed by atoms with Crippen molar-refractivity contribution in [2.45, 2.75) is 24.6 Å². The number of benzene rings is 1. The standard InChI is InChI=1S/C23H16F5N5O4/c24-22(25)7-9-32(20(34)15-11-33-18(30-15)6-3-8-29-33)12-17(22)37-19-16(36-21(35)23(26,27)28)10-13-4-1-2-5-14(13)31-19/h1-6,8,10-11,17H,7,9,12H2/t17-/m0/s1. The first kappa shape index (κ1) is 24.3. The summed E-state index contributed by atoms with van der Waals surface area (Å²) in [6.45, 7) is -0.956. The molecule has 0 radical (unpaired) electrons. The average molecular weight is 521 g/mol. The van der Waals surface area contributed by atoms with E-state index in [0.29, 0.717) is 5.65 Å². The van der Waals surface area contributed by atoms with Crippen LogP contribution in [-0.4, -0.2) is 67.7 Å². The monoisotopic (exact) mass is 521 g/mol. The molecule has 0 unspecified atom stereocenters. The maximum absolute atomic E-state index is 14.9. The first-order chi connectivity index (χ1) is 17.5. The van der Waals surface area contributed by atoms with Crippen molar-refractivity contribution in [2.75, 3.05) is 13.1 Å². The molecule has 1 aliphatic heterocycles. The van der Waals surface area contributed by atoms with Gasteiger partial charge in [-0.1, -0.05) is 18.2 Å². The number of likely N-dealkylation sites (tertiary alicyclic amines) is 1. The Morgan fingerprint density at radius 1 is 1.08 bits per heavy atom. The zero-order chi connectivity index (χ0) is 26.4. The fraction of sp³-hybridized carbons (Fsp3) is 0.261. The predicted molar refractivity (Wildman–Crippen MR) is 116 cm³/mol. The summed E-state index contributed by atoms with van der Waals surface area (Å²) in [6, 6.07) is 10.3. The normalized spacial score (nSPS) is 17.6. The molecule has 0 spiro atoms. The summed E-state index contributed by atoms with van der Waals surface area (Å²) in [4.78, 5) is 33.7. The van der Waals surface area contributed by atoms with Gasteiger partial charge in [0.2, 0.25) is 0 Å². The van der Waals surface area contributed by atoms with Crippen LogP contribution >= 0.6 is 0 Å². The van der Waals surface area contributed by atoms with Crippen LogP contribution in [0.25, 0.3) is 16.6 Å². The second-order valence-corrected chi connectivity index (χ2v) is 8.19. The van der Waals surface area contributed by atoms with Gasteiger partial charge < -0.3 is 14.4 Å². The Morgan fingerprint density at radius 2 is 1.86 bits per heavy atom. The fourth-order valence-corrected chi connectivity index (χ4v) is 3.80. The number of hydrogen-bond acceptors (Lipinski definition) is 7. The molecule has 1 atom stereocenters. The third kappa shape index (κ3) is 4.86. The minimum Gasteiger partial charge on any atom is -0.463 e. The number of esters is 1. The largest absolute Gasteiger partial charge is 0.491 e. The molecule has 0 aliphatic carbocycles. The van der Waals surface area contributed by atoms with Gasteiger partial charge in [-0.25, -0.2) is 28.1 Å². The maximum Gasteiger partial charge on any atom is 0.491 e. The number of aromatic nitrogens is 4. The molecule has 1 aromatic carbocycles. The lowest BCUT2D eigenvalue weighted by Crippen LogP contribution is -2.55. The Hall–Kier alpha value is -4.36. The van der Waals surface area contributed by atoms with Crippen molar-refractivity contribution < 1.29 is 41.0 Å². The molecule has 0 N–H and O–H groups in total. The Labute approximate surface area is 204 Å². The highest BCUT2D eigenvalue weighted by molar-refractivity contribution is 5.93. The summed E-state index contributed by atoms with van der Waals surface area (Å²) in [6.07, 6.45) is -5.31. The Morgan fingerprint density at radius 3 is 2.62 bits per heavy atom. The zero-order valence-electron chi connectivity index (χ0n) is 18.7. The smallest absolute Gasteiger partial charge is 0.463 e. The third-order valence-electron chi connectivity index (χ3n) is 5.66. The van der Waals surface area contributed by atoms with Crippen LogP contribution in [0.4, 0.5) is 22.0 Å². The van der Waals surface area contributed by atoms with Gasteiger partial charge in [0, 0.05) is 24.5 Å². The van der Waals surface area contributed by atoms with E-state index in [1.807, 2.05) is 0 Å². The molecular weight excluding hydrogens is 505 g/mol. The van der Waals surface area contributed by atoms with Crippen LogP contribution in [0.3, 0.4) is 0 Å². The van der Waals surface area contributed by atoms with Crippen LogP contribution in [0.1, 0.15) is 16.9 Å². The second kappa shape index (κ2) is 8.94. The van der Waals surface area contributed by atoms with Crippen molar-refractivity contribution in [1.29, 1.82) is 0 Å². The number of pyridine rings is 1.